The molecule has 0 atom stereocenters. The first-order valence-corrected chi connectivity index (χ1v) is 11.1. The van der Waals surface area contributed by atoms with E-state index in [2.05, 4.69) is 76.2 Å². The standard InChI is InChI=1S/C25H30N2S/c1-16(2)18-9-12-26-14-19(18)23-27-22(15-28-23)17-7-8-20-21(13-17)25(5,6)11-10-24(20,3)4/h7-9,12-16H,10-11H2,1-6H3. The van der Waals surface area contributed by atoms with Crippen molar-refractivity contribution in [1.29, 1.82) is 0 Å². The van der Waals surface area contributed by atoms with Gasteiger partial charge in [0.05, 0.1) is 5.69 Å². The van der Waals surface area contributed by atoms with E-state index in [0.29, 0.717) is 5.92 Å². The van der Waals surface area contributed by atoms with Gasteiger partial charge >= 0.3 is 0 Å². The first-order chi connectivity index (χ1) is 13.2. The molecule has 0 N–H and O–H groups in total. The average molecular weight is 391 g/mol. The van der Waals surface area contributed by atoms with Gasteiger partial charge in [0.2, 0.25) is 0 Å². The van der Waals surface area contributed by atoms with Crippen LogP contribution in [0, 0.1) is 0 Å². The van der Waals surface area contributed by atoms with Crippen LogP contribution in [0.5, 0.6) is 0 Å². The highest BCUT2D eigenvalue weighted by atomic mass is 32.1. The number of fused-ring (bicyclic) bond motifs is 1. The smallest absolute Gasteiger partial charge is 0.125 e. The lowest BCUT2D eigenvalue weighted by atomic mass is 9.63. The number of hydrogen-bond acceptors (Lipinski definition) is 3. The van der Waals surface area contributed by atoms with Gasteiger partial charge in [0.1, 0.15) is 5.01 Å². The van der Waals surface area contributed by atoms with Gasteiger partial charge in [0, 0.05) is 28.9 Å². The van der Waals surface area contributed by atoms with Crippen LogP contribution in [0.3, 0.4) is 0 Å². The zero-order chi connectivity index (χ0) is 20.1. The van der Waals surface area contributed by atoms with E-state index in [1.54, 1.807) is 11.3 Å². The van der Waals surface area contributed by atoms with E-state index in [9.17, 15) is 0 Å². The fourth-order valence-electron chi connectivity index (χ4n) is 4.37. The minimum Gasteiger partial charge on any atom is -0.264 e. The summed E-state index contributed by atoms with van der Waals surface area (Å²) in [5, 5.41) is 3.25. The van der Waals surface area contributed by atoms with Crippen LogP contribution >= 0.6 is 11.3 Å². The van der Waals surface area contributed by atoms with Gasteiger partial charge in [-0.25, -0.2) is 4.98 Å². The molecule has 0 unspecified atom stereocenters. The van der Waals surface area contributed by atoms with E-state index in [4.69, 9.17) is 4.98 Å². The second-order valence-corrected chi connectivity index (χ2v) is 10.5. The van der Waals surface area contributed by atoms with Gasteiger partial charge in [-0.15, -0.1) is 11.3 Å². The Balaban J connectivity index is 1.77. The number of hydrogen-bond donors (Lipinski definition) is 0. The Labute approximate surface area is 173 Å². The molecule has 1 aliphatic rings. The van der Waals surface area contributed by atoms with E-state index in [1.807, 2.05) is 12.4 Å². The van der Waals surface area contributed by atoms with Crippen molar-refractivity contribution < 1.29 is 0 Å². The average Bonchev–Trinajstić information content (AvgIpc) is 3.15. The summed E-state index contributed by atoms with van der Waals surface area (Å²) in [4.78, 5) is 9.35. The van der Waals surface area contributed by atoms with Gasteiger partial charge in [-0.1, -0.05) is 53.7 Å². The van der Waals surface area contributed by atoms with Crippen molar-refractivity contribution in [1.82, 2.24) is 9.97 Å². The van der Waals surface area contributed by atoms with Crippen molar-refractivity contribution in [3.8, 4) is 21.8 Å². The molecule has 3 aromatic rings. The first-order valence-electron chi connectivity index (χ1n) is 10.2. The number of aromatic nitrogens is 2. The molecule has 2 aromatic heterocycles. The molecule has 2 heterocycles. The third-order valence-corrected chi connectivity index (χ3v) is 7.24. The van der Waals surface area contributed by atoms with E-state index < -0.39 is 0 Å². The fraction of sp³-hybridized carbons (Fsp3) is 0.440. The van der Waals surface area contributed by atoms with Crippen molar-refractivity contribution in [3.63, 3.8) is 0 Å². The lowest BCUT2D eigenvalue weighted by Crippen LogP contribution is -2.33. The van der Waals surface area contributed by atoms with Crippen LogP contribution in [0.2, 0.25) is 0 Å². The molecule has 0 aliphatic heterocycles. The Kier molecular flexibility index (Phi) is 4.70. The molecule has 0 radical (unpaired) electrons. The highest BCUT2D eigenvalue weighted by molar-refractivity contribution is 7.13. The van der Waals surface area contributed by atoms with E-state index >= 15 is 0 Å². The molecule has 2 nitrogen and oxygen atoms in total. The van der Waals surface area contributed by atoms with Crippen LogP contribution in [0.4, 0.5) is 0 Å². The van der Waals surface area contributed by atoms with E-state index in [-0.39, 0.29) is 10.8 Å². The number of rotatable bonds is 3. The Morgan fingerprint density at radius 1 is 0.964 bits per heavy atom. The Bertz CT molecular complexity index is 1010. The van der Waals surface area contributed by atoms with Gasteiger partial charge in [-0.3, -0.25) is 4.98 Å². The molecular weight excluding hydrogens is 360 g/mol. The lowest BCUT2D eigenvalue weighted by Gasteiger charge is -2.42. The number of pyridine rings is 1. The molecule has 0 saturated heterocycles. The molecule has 3 heteroatoms. The summed E-state index contributed by atoms with van der Waals surface area (Å²) in [6.07, 6.45) is 6.30. The summed E-state index contributed by atoms with van der Waals surface area (Å²) in [5.74, 6) is 0.456. The van der Waals surface area contributed by atoms with Gasteiger partial charge in [0.25, 0.3) is 0 Å². The fourth-order valence-corrected chi connectivity index (χ4v) is 5.23. The Morgan fingerprint density at radius 2 is 1.68 bits per heavy atom. The highest BCUT2D eigenvalue weighted by Crippen LogP contribution is 2.47. The molecule has 1 aliphatic carbocycles. The summed E-state index contributed by atoms with van der Waals surface area (Å²) in [5.41, 5.74) is 8.21. The summed E-state index contributed by atoms with van der Waals surface area (Å²) in [6.45, 7) is 13.9. The van der Waals surface area contributed by atoms with Crippen molar-refractivity contribution in [2.24, 2.45) is 0 Å². The van der Waals surface area contributed by atoms with Gasteiger partial charge in [-0.05, 0) is 58.4 Å². The predicted molar refractivity (Wildman–Crippen MR) is 120 cm³/mol. The molecular formula is C25H30N2S. The van der Waals surface area contributed by atoms with Crippen molar-refractivity contribution in [2.75, 3.05) is 0 Å². The largest absolute Gasteiger partial charge is 0.264 e. The summed E-state index contributed by atoms with van der Waals surface area (Å²) < 4.78 is 0. The minimum atomic E-state index is 0.216. The van der Waals surface area contributed by atoms with Crippen LogP contribution in [0.15, 0.2) is 42.0 Å². The van der Waals surface area contributed by atoms with Crippen molar-refractivity contribution in [3.05, 3.63) is 58.7 Å². The molecule has 4 rings (SSSR count). The van der Waals surface area contributed by atoms with Crippen LogP contribution in [-0.4, -0.2) is 9.97 Å². The number of nitrogens with zero attached hydrogens (tertiary/aromatic N) is 2. The highest BCUT2D eigenvalue weighted by Gasteiger charge is 2.37. The maximum atomic E-state index is 5.01. The minimum absolute atomic E-state index is 0.216. The van der Waals surface area contributed by atoms with Crippen LogP contribution < -0.4 is 0 Å². The summed E-state index contributed by atoms with van der Waals surface area (Å²) in [6, 6.07) is 9.11. The third-order valence-electron chi connectivity index (χ3n) is 6.36. The monoisotopic (exact) mass is 390 g/mol. The molecule has 1 aromatic carbocycles. The van der Waals surface area contributed by atoms with Crippen LogP contribution in [0.1, 0.15) is 77.0 Å². The number of benzene rings is 1. The predicted octanol–water partition coefficient (Wildman–Crippen LogP) is 7.34. The van der Waals surface area contributed by atoms with E-state index in [1.165, 1.54) is 35.1 Å². The van der Waals surface area contributed by atoms with Gasteiger partial charge in [-0.2, -0.15) is 0 Å². The van der Waals surface area contributed by atoms with E-state index in [0.717, 1.165) is 16.3 Å². The second kappa shape index (κ2) is 6.81. The topological polar surface area (TPSA) is 25.8 Å². The normalized spacial score (nSPS) is 17.5. The molecule has 146 valence electrons. The van der Waals surface area contributed by atoms with Gasteiger partial charge in [0.15, 0.2) is 0 Å². The Morgan fingerprint density at radius 3 is 2.39 bits per heavy atom. The van der Waals surface area contributed by atoms with Gasteiger partial charge < -0.3 is 0 Å². The third kappa shape index (κ3) is 3.30. The number of thiazole rings is 1. The zero-order valence-corrected chi connectivity index (χ0v) is 18.7. The molecule has 0 amide bonds. The van der Waals surface area contributed by atoms with Crippen LogP contribution in [-0.2, 0) is 10.8 Å². The summed E-state index contributed by atoms with van der Waals surface area (Å²) in [7, 11) is 0. The molecule has 0 bridgehead atoms. The SMILES string of the molecule is CC(C)c1ccncc1-c1nc(-c2ccc3c(c2)C(C)(C)CCC3(C)C)cs1. The second-order valence-electron chi connectivity index (χ2n) is 9.68. The summed E-state index contributed by atoms with van der Waals surface area (Å²) >= 11 is 1.72. The quantitative estimate of drug-likeness (QED) is 0.467. The first kappa shape index (κ1) is 19.3. The molecule has 28 heavy (non-hydrogen) atoms. The maximum absolute atomic E-state index is 5.01. The maximum Gasteiger partial charge on any atom is 0.125 e. The molecule has 0 fully saturated rings. The van der Waals surface area contributed by atoms with Crippen molar-refractivity contribution >= 4 is 11.3 Å². The lowest BCUT2D eigenvalue weighted by molar-refractivity contribution is 0.332. The zero-order valence-electron chi connectivity index (χ0n) is 17.8. The Hall–Kier alpha value is -2.00. The molecule has 0 spiro atoms. The molecule has 0 saturated carbocycles. The van der Waals surface area contributed by atoms with Crippen LogP contribution in [0.25, 0.3) is 21.8 Å². The van der Waals surface area contributed by atoms with Crippen molar-refractivity contribution in [2.45, 2.75) is 71.1 Å².